The minimum atomic E-state index is 0.754. The average molecular weight is 285 g/mol. The van der Waals surface area contributed by atoms with Crippen molar-refractivity contribution < 1.29 is 0 Å². The number of nitrogen functional groups attached to an aromatic ring is 1. The molecule has 2 nitrogen and oxygen atoms in total. The molecule has 0 atom stereocenters. The maximum absolute atomic E-state index is 5.97. The van der Waals surface area contributed by atoms with E-state index in [0.717, 1.165) is 29.2 Å². The van der Waals surface area contributed by atoms with E-state index in [-0.39, 0.29) is 0 Å². The van der Waals surface area contributed by atoms with E-state index in [1.165, 1.54) is 12.0 Å². The van der Waals surface area contributed by atoms with Crippen molar-refractivity contribution in [3.8, 4) is 0 Å². The molecule has 0 fully saturated rings. The van der Waals surface area contributed by atoms with Crippen LogP contribution in [0.2, 0.25) is 0 Å². The van der Waals surface area contributed by atoms with Gasteiger partial charge in [0.25, 0.3) is 0 Å². The molecule has 1 rings (SSSR count). The van der Waals surface area contributed by atoms with Crippen LogP contribution in [0, 0.1) is 5.92 Å². The summed E-state index contributed by atoms with van der Waals surface area (Å²) in [7, 11) is 2.14. The van der Waals surface area contributed by atoms with Gasteiger partial charge in [-0.05, 0) is 43.6 Å². The maximum Gasteiger partial charge on any atom is 0.0371 e. The first-order chi connectivity index (χ1) is 7.49. The van der Waals surface area contributed by atoms with Gasteiger partial charge in [0.1, 0.15) is 0 Å². The summed E-state index contributed by atoms with van der Waals surface area (Å²) in [6.45, 7) is 6.54. The minimum absolute atomic E-state index is 0.754. The van der Waals surface area contributed by atoms with Gasteiger partial charge in [-0.15, -0.1) is 0 Å². The summed E-state index contributed by atoms with van der Waals surface area (Å²) >= 11 is 3.42. The van der Waals surface area contributed by atoms with Crippen LogP contribution in [0.4, 0.5) is 5.69 Å². The van der Waals surface area contributed by atoms with E-state index in [1.807, 2.05) is 12.1 Å². The van der Waals surface area contributed by atoms with Crippen molar-refractivity contribution in [1.82, 2.24) is 4.90 Å². The number of hydrogen-bond donors (Lipinski definition) is 1. The highest BCUT2D eigenvalue weighted by Gasteiger charge is 2.05. The van der Waals surface area contributed by atoms with E-state index in [1.54, 1.807) is 0 Å². The summed E-state index contributed by atoms with van der Waals surface area (Å²) in [5, 5.41) is 0. The molecule has 0 heterocycles. The lowest BCUT2D eigenvalue weighted by molar-refractivity contribution is 0.304. The van der Waals surface area contributed by atoms with E-state index in [4.69, 9.17) is 5.73 Å². The van der Waals surface area contributed by atoms with Gasteiger partial charge < -0.3 is 10.6 Å². The minimum Gasteiger partial charge on any atom is -0.398 e. The average Bonchev–Trinajstić information content (AvgIpc) is 2.19. The molecule has 0 amide bonds. The number of hydrogen-bond acceptors (Lipinski definition) is 2. The molecule has 2 N–H and O–H groups in total. The van der Waals surface area contributed by atoms with E-state index in [9.17, 15) is 0 Å². The Morgan fingerprint density at radius 1 is 1.38 bits per heavy atom. The zero-order valence-corrected chi connectivity index (χ0v) is 11.9. The Labute approximate surface area is 107 Å². The molecule has 0 saturated heterocycles. The number of halogens is 1. The second kappa shape index (κ2) is 6.26. The molecule has 0 aromatic heterocycles. The summed E-state index contributed by atoms with van der Waals surface area (Å²) in [6, 6.07) is 6.10. The zero-order valence-electron chi connectivity index (χ0n) is 10.3. The van der Waals surface area contributed by atoms with Gasteiger partial charge in [0.05, 0.1) is 0 Å². The molecule has 0 aliphatic rings. The lowest BCUT2D eigenvalue weighted by atomic mass is 10.1. The third-order valence-corrected chi connectivity index (χ3v) is 3.13. The van der Waals surface area contributed by atoms with Crippen LogP contribution in [0.5, 0.6) is 0 Å². The highest BCUT2D eigenvalue weighted by molar-refractivity contribution is 9.10. The number of rotatable bonds is 5. The van der Waals surface area contributed by atoms with Crippen molar-refractivity contribution in [3.05, 3.63) is 28.2 Å². The number of benzene rings is 1. The molecule has 0 spiro atoms. The van der Waals surface area contributed by atoms with Crippen LogP contribution in [-0.2, 0) is 6.54 Å². The topological polar surface area (TPSA) is 29.3 Å². The van der Waals surface area contributed by atoms with Crippen LogP contribution in [0.25, 0.3) is 0 Å². The first kappa shape index (κ1) is 13.5. The predicted molar refractivity (Wildman–Crippen MR) is 74.3 cm³/mol. The fraction of sp³-hybridized carbons (Fsp3) is 0.538. The molecule has 90 valence electrons. The number of nitrogens with two attached hydrogens (primary N) is 1. The van der Waals surface area contributed by atoms with Crippen LogP contribution >= 0.6 is 15.9 Å². The largest absolute Gasteiger partial charge is 0.398 e. The quantitative estimate of drug-likeness (QED) is 0.839. The first-order valence-corrected chi connectivity index (χ1v) is 6.50. The van der Waals surface area contributed by atoms with Gasteiger partial charge in [-0.25, -0.2) is 0 Å². The fourth-order valence-electron chi connectivity index (χ4n) is 1.56. The molecule has 0 aliphatic heterocycles. The van der Waals surface area contributed by atoms with Crippen LogP contribution < -0.4 is 5.73 Å². The summed E-state index contributed by atoms with van der Waals surface area (Å²) in [6.07, 6.45) is 1.23. The summed E-state index contributed by atoms with van der Waals surface area (Å²) in [5.41, 5.74) is 8.04. The molecule has 0 saturated carbocycles. The molecule has 1 aromatic rings. The van der Waals surface area contributed by atoms with Crippen molar-refractivity contribution in [2.45, 2.75) is 26.8 Å². The highest BCUT2D eigenvalue weighted by Crippen LogP contribution is 2.19. The second-order valence-electron chi connectivity index (χ2n) is 4.76. The maximum atomic E-state index is 5.97. The van der Waals surface area contributed by atoms with Gasteiger partial charge in [-0.1, -0.05) is 35.8 Å². The SMILES string of the molecule is CC(C)CCN(C)Cc1ccc(Br)cc1N. The molecule has 0 aliphatic carbocycles. The van der Waals surface area contributed by atoms with Crippen molar-refractivity contribution in [2.75, 3.05) is 19.3 Å². The summed E-state index contributed by atoms with van der Waals surface area (Å²) in [4.78, 5) is 2.32. The van der Waals surface area contributed by atoms with Gasteiger partial charge in [-0.3, -0.25) is 0 Å². The van der Waals surface area contributed by atoms with Crippen LogP contribution in [0.1, 0.15) is 25.8 Å². The Morgan fingerprint density at radius 2 is 2.06 bits per heavy atom. The van der Waals surface area contributed by atoms with Crippen LogP contribution in [0.15, 0.2) is 22.7 Å². The van der Waals surface area contributed by atoms with E-state index in [0.29, 0.717) is 0 Å². The monoisotopic (exact) mass is 284 g/mol. The molecule has 0 bridgehead atoms. The molecule has 16 heavy (non-hydrogen) atoms. The van der Waals surface area contributed by atoms with Crippen molar-refractivity contribution in [3.63, 3.8) is 0 Å². The van der Waals surface area contributed by atoms with Crippen LogP contribution in [-0.4, -0.2) is 18.5 Å². The Morgan fingerprint density at radius 3 is 2.62 bits per heavy atom. The van der Waals surface area contributed by atoms with E-state index in [2.05, 4.69) is 47.8 Å². The molecule has 1 aromatic carbocycles. The van der Waals surface area contributed by atoms with Gasteiger partial charge in [0.2, 0.25) is 0 Å². The fourth-order valence-corrected chi connectivity index (χ4v) is 1.94. The van der Waals surface area contributed by atoms with Crippen molar-refractivity contribution in [2.24, 2.45) is 5.92 Å². The smallest absolute Gasteiger partial charge is 0.0371 e. The molecule has 0 radical (unpaired) electrons. The van der Waals surface area contributed by atoms with Crippen molar-refractivity contribution in [1.29, 1.82) is 0 Å². The van der Waals surface area contributed by atoms with Gasteiger partial charge >= 0.3 is 0 Å². The third-order valence-electron chi connectivity index (χ3n) is 2.64. The van der Waals surface area contributed by atoms with Gasteiger partial charge in [-0.2, -0.15) is 0 Å². The highest BCUT2D eigenvalue weighted by atomic mass is 79.9. The summed E-state index contributed by atoms with van der Waals surface area (Å²) < 4.78 is 1.04. The van der Waals surface area contributed by atoms with E-state index >= 15 is 0 Å². The first-order valence-electron chi connectivity index (χ1n) is 5.71. The Bertz CT molecular complexity index is 337. The summed E-state index contributed by atoms with van der Waals surface area (Å²) in [5.74, 6) is 0.754. The third kappa shape index (κ3) is 4.54. The molecular weight excluding hydrogens is 264 g/mol. The normalized spacial score (nSPS) is 11.4. The van der Waals surface area contributed by atoms with Crippen molar-refractivity contribution >= 4 is 21.6 Å². The Hall–Kier alpha value is -0.540. The number of anilines is 1. The van der Waals surface area contributed by atoms with Gasteiger partial charge in [0, 0.05) is 16.7 Å². The molecular formula is C13H21BrN2. The lowest BCUT2D eigenvalue weighted by Crippen LogP contribution is -2.20. The predicted octanol–water partition coefficient (Wildman–Crippen LogP) is 3.51. The second-order valence-corrected chi connectivity index (χ2v) is 5.68. The van der Waals surface area contributed by atoms with Gasteiger partial charge in [0.15, 0.2) is 0 Å². The van der Waals surface area contributed by atoms with E-state index < -0.39 is 0 Å². The Balaban J connectivity index is 2.52. The molecule has 0 unspecified atom stereocenters. The lowest BCUT2D eigenvalue weighted by Gasteiger charge is -2.19. The van der Waals surface area contributed by atoms with Crippen LogP contribution in [0.3, 0.4) is 0 Å². The molecule has 3 heteroatoms. The zero-order chi connectivity index (χ0) is 12.1. The standard InChI is InChI=1S/C13H21BrN2/c1-10(2)6-7-16(3)9-11-4-5-12(14)8-13(11)15/h4-5,8,10H,6-7,9,15H2,1-3H3. The Kier molecular flexibility index (Phi) is 5.29. The number of nitrogens with zero attached hydrogens (tertiary/aromatic N) is 1.